The van der Waals surface area contributed by atoms with E-state index in [4.69, 9.17) is 16.3 Å². The third-order valence-corrected chi connectivity index (χ3v) is 3.67. The fourth-order valence-corrected chi connectivity index (χ4v) is 2.29. The molecule has 0 bridgehead atoms. The summed E-state index contributed by atoms with van der Waals surface area (Å²) in [6.07, 6.45) is 0. The molecule has 0 fully saturated rings. The molecule has 2 rings (SSSR count). The Morgan fingerprint density at radius 1 is 1.29 bits per heavy atom. The Labute approximate surface area is 137 Å². The first-order valence-corrected chi connectivity index (χ1v) is 7.65. The number of rotatable bonds is 5. The molecule has 0 aliphatic carbocycles. The van der Waals surface area contributed by atoms with Crippen LogP contribution in [0.4, 0.5) is 0 Å². The topological polar surface area (TPSA) is 38.3 Å². The summed E-state index contributed by atoms with van der Waals surface area (Å²) in [6, 6.07) is 14.6. The summed E-state index contributed by atoms with van der Waals surface area (Å²) < 4.78 is 6.39. The first-order chi connectivity index (χ1) is 10.0. The monoisotopic (exact) mass is 367 g/mol. The van der Waals surface area contributed by atoms with Gasteiger partial charge in [-0.3, -0.25) is 4.79 Å². The molecule has 1 atom stereocenters. The average Bonchev–Trinajstić information content (AvgIpc) is 2.46. The van der Waals surface area contributed by atoms with Gasteiger partial charge in [0.15, 0.2) is 6.61 Å². The number of benzene rings is 2. The van der Waals surface area contributed by atoms with Crippen molar-refractivity contribution in [2.75, 3.05) is 6.61 Å². The SMILES string of the molecule is C[C@@H](NC(=O)COc1ccc(Br)cc1)c1cccc(Cl)c1. The van der Waals surface area contributed by atoms with Gasteiger partial charge in [0, 0.05) is 9.50 Å². The van der Waals surface area contributed by atoms with Gasteiger partial charge in [-0.2, -0.15) is 0 Å². The van der Waals surface area contributed by atoms with Crippen molar-refractivity contribution in [1.29, 1.82) is 0 Å². The Morgan fingerprint density at radius 2 is 2.00 bits per heavy atom. The van der Waals surface area contributed by atoms with Crippen molar-refractivity contribution in [2.24, 2.45) is 0 Å². The van der Waals surface area contributed by atoms with Gasteiger partial charge in [-0.1, -0.05) is 39.7 Å². The van der Waals surface area contributed by atoms with E-state index >= 15 is 0 Å². The van der Waals surface area contributed by atoms with E-state index in [2.05, 4.69) is 21.2 Å². The molecule has 0 radical (unpaired) electrons. The molecular formula is C16H15BrClNO2. The summed E-state index contributed by atoms with van der Waals surface area (Å²) in [7, 11) is 0. The molecule has 110 valence electrons. The molecule has 0 heterocycles. The van der Waals surface area contributed by atoms with Crippen molar-refractivity contribution in [3.63, 3.8) is 0 Å². The standard InChI is InChI=1S/C16H15BrClNO2/c1-11(12-3-2-4-14(18)9-12)19-16(20)10-21-15-7-5-13(17)6-8-15/h2-9,11H,10H2,1H3,(H,19,20)/t11-/m1/s1. The minimum Gasteiger partial charge on any atom is -0.484 e. The van der Waals surface area contributed by atoms with Crippen LogP contribution in [0, 0.1) is 0 Å². The van der Waals surface area contributed by atoms with E-state index in [1.165, 1.54) is 0 Å². The molecule has 0 aliphatic heterocycles. The van der Waals surface area contributed by atoms with E-state index in [1.54, 1.807) is 18.2 Å². The number of amides is 1. The van der Waals surface area contributed by atoms with Gasteiger partial charge >= 0.3 is 0 Å². The zero-order valence-electron chi connectivity index (χ0n) is 11.5. The molecule has 0 saturated carbocycles. The second-order valence-electron chi connectivity index (χ2n) is 4.59. The van der Waals surface area contributed by atoms with Crippen LogP contribution in [-0.4, -0.2) is 12.5 Å². The smallest absolute Gasteiger partial charge is 0.258 e. The number of carbonyl (C=O) groups is 1. The first kappa shape index (κ1) is 15.9. The molecule has 2 aromatic rings. The Bertz CT molecular complexity index is 616. The fraction of sp³-hybridized carbons (Fsp3) is 0.188. The van der Waals surface area contributed by atoms with Crippen molar-refractivity contribution in [3.05, 3.63) is 63.6 Å². The van der Waals surface area contributed by atoms with Gasteiger partial charge in [0.25, 0.3) is 5.91 Å². The molecule has 0 spiro atoms. The van der Waals surface area contributed by atoms with Crippen molar-refractivity contribution >= 4 is 33.4 Å². The van der Waals surface area contributed by atoms with Crippen LogP contribution in [0.25, 0.3) is 0 Å². The third kappa shape index (κ3) is 5.06. The zero-order chi connectivity index (χ0) is 15.2. The van der Waals surface area contributed by atoms with Crippen LogP contribution in [0.2, 0.25) is 5.02 Å². The molecule has 3 nitrogen and oxygen atoms in total. The maximum absolute atomic E-state index is 11.9. The minimum absolute atomic E-state index is 0.0213. The van der Waals surface area contributed by atoms with Crippen LogP contribution in [-0.2, 0) is 4.79 Å². The number of halogens is 2. The van der Waals surface area contributed by atoms with Crippen LogP contribution in [0.3, 0.4) is 0 Å². The average molecular weight is 369 g/mol. The highest BCUT2D eigenvalue weighted by molar-refractivity contribution is 9.10. The summed E-state index contributed by atoms with van der Waals surface area (Å²) >= 11 is 9.28. The molecular weight excluding hydrogens is 354 g/mol. The Morgan fingerprint density at radius 3 is 2.67 bits per heavy atom. The van der Waals surface area contributed by atoms with Crippen LogP contribution in [0.1, 0.15) is 18.5 Å². The van der Waals surface area contributed by atoms with Gasteiger partial charge in [-0.05, 0) is 48.9 Å². The van der Waals surface area contributed by atoms with Gasteiger partial charge in [0.1, 0.15) is 5.75 Å². The molecule has 5 heteroatoms. The van der Waals surface area contributed by atoms with E-state index in [0.29, 0.717) is 10.8 Å². The number of hydrogen-bond donors (Lipinski definition) is 1. The summed E-state index contributed by atoms with van der Waals surface area (Å²) in [6.45, 7) is 1.88. The second kappa shape index (κ2) is 7.48. The van der Waals surface area contributed by atoms with Gasteiger partial charge in [0.2, 0.25) is 0 Å². The van der Waals surface area contributed by atoms with Crippen molar-refractivity contribution < 1.29 is 9.53 Å². The lowest BCUT2D eigenvalue weighted by molar-refractivity contribution is -0.123. The lowest BCUT2D eigenvalue weighted by Crippen LogP contribution is -2.31. The van der Waals surface area contributed by atoms with E-state index in [0.717, 1.165) is 10.0 Å². The summed E-state index contributed by atoms with van der Waals surface area (Å²) in [5.41, 5.74) is 0.958. The van der Waals surface area contributed by atoms with Crippen LogP contribution in [0.5, 0.6) is 5.75 Å². The second-order valence-corrected chi connectivity index (χ2v) is 5.94. The maximum Gasteiger partial charge on any atom is 0.258 e. The quantitative estimate of drug-likeness (QED) is 0.851. The summed E-state index contributed by atoms with van der Waals surface area (Å²) in [5.74, 6) is 0.481. The fourth-order valence-electron chi connectivity index (χ4n) is 1.82. The number of nitrogens with one attached hydrogen (secondary N) is 1. The predicted octanol–water partition coefficient (Wildman–Crippen LogP) is 4.36. The molecule has 0 saturated heterocycles. The minimum atomic E-state index is -0.176. The predicted molar refractivity (Wildman–Crippen MR) is 87.6 cm³/mol. The van der Waals surface area contributed by atoms with Crippen LogP contribution < -0.4 is 10.1 Å². The summed E-state index contributed by atoms with van der Waals surface area (Å²) in [5, 5.41) is 3.53. The highest BCUT2D eigenvalue weighted by atomic mass is 79.9. The molecule has 0 aromatic heterocycles. The molecule has 21 heavy (non-hydrogen) atoms. The van der Waals surface area contributed by atoms with Crippen LogP contribution in [0.15, 0.2) is 53.0 Å². The van der Waals surface area contributed by atoms with Crippen molar-refractivity contribution in [1.82, 2.24) is 5.32 Å². The van der Waals surface area contributed by atoms with E-state index in [9.17, 15) is 4.79 Å². The highest BCUT2D eigenvalue weighted by Crippen LogP contribution is 2.18. The number of carbonyl (C=O) groups excluding carboxylic acids is 1. The van der Waals surface area contributed by atoms with Crippen molar-refractivity contribution in [2.45, 2.75) is 13.0 Å². The number of hydrogen-bond acceptors (Lipinski definition) is 2. The zero-order valence-corrected chi connectivity index (χ0v) is 13.8. The molecule has 0 unspecified atom stereocenters. The van der Waals surface area contributed by atoms with E-state index in [-0.39, 0.29) is 18.6 Å². The van der Waals surface area contributed by atoms with Crippen LogP contribution >= 0.6 is 27.5 Å². The summed E-state index contributed by atoms with van der Waals surface area (Å²) in [4.78, 5) is 11.9. The molecule has 1 amide bonds. The van der Waals surface area contributed by atoms with E-state index in [1.807, 2.05) is 37.3 Å². The normalized spacial score (nSPS) is 11.8. The third-order valence-electron chi connectivity index (χ3n) is 2.91. The maximum atomic E-state index is 11.9. The lowest BCUT2D eigenvalue weighted by atomic mass is 10.1. The largest absolute Gasteiger partial charge is 0.484 e. The Balaban J connectivity index is 1.85. The Kier molecular flexibility index (Phi) is 5.65. The van der Waals surface area contributed by atoms with E-state index < -0.39 is 0 Å². The lowest BCUT2D eigenvalue weighted by Gasteiger charge is -2.15. The molecule has 1 N–H and O–H groups in total. The molecule has 0 aliphatic rings. The van der Waals surface area contributed by atoms with Crippen molar-refractivity contribution in [3.8, 4) is 5.75 Å². The highest BCUT2D eigenvalue weighted by Gasteiger charge is 2.10. The first-order valence-electron chi connectivity index (χ1n) is 6.48. The van der Waals surface area contributed by atoms with Gasteiger partial charge < -0.3 is 10.1 Å². The number of ether oxygens (including phenoxy) is 1. The van der Waals surface area contributed by atoms with Gasteiger partial charge in [-0.15, -0.1) is 0 Å². The van der Waals surface area contributed by atoms with Gasteiger partial charge in [0.05, 0.1) is 6.04 Å². The van der Waals surface area contributed by atoms with Gasteiger partial charge in [-0.25, -0.2) is 0 Å². The molecule has 2 aromatic carbocycles. The Hall–Kier alpha value is -1.52.